The molecular weight excluding hydrogens is 418 g/mol. The summed E-state index contributed by atoms with van der Waals surface area (Å²) in [5.74, 6) is 0.841. The molecule has 0 spiro atoms. The standard InChI is InChI=1S/C25H29N5O3/c1-17(2)26-25(32)30(20-9-10-20)16-23(31)28-24-27-22(18-7-5-4-6-8-18)15-29(24)19-11-13-21(33-3)14-12-19/h4-8,11-15,17,20H,9-10,16H2,1-3H3,(H,26,32)(H,27,28,31). The summed E-state index contributed by atoms with van der Waals surface area (Å²) < 4.78 is 7.09. The van der Waals surface area contributed by atoms with E-state index in [9.17, 15) is 9.59 Å². The van der Waals surface area contributed by atoms with Crippen molar-refractivity contribution in [3.63, 3.8) is 0 Å². The van der Waals surface area contributed by atoms with Gasteiger partial charge in [-0.2, -0.15) is 0 Å². The van der Waals surface area contributed by atoms with Crippen LogP contribution in [-0.2, 0) is 4.79 Å². The highest BCUT2D eigenvalue weighted by molar-refractivity contribution is 5.94. The van der Waals surface area contributed by atoms with Crippen molar-refractivity contribution < 1.29 is 14.3 Å². The lowest BCUT2D eigenvalue weighted by Gasteiger charge is -2.23. The van der Waals surface area contributed by atoms with Crippen LogP contribution in [0.2, 0.25) is 0 Å². The molecule has 1 aliphatic rings. The fourth-order valence-electron chi connectivity index (χ4n) is 3.56. The molecular formula is C25H29N5O3. The highest BCUT2D eigenvalue weighted by Crippen LogP contribution is 2.28. The largest absolute Gasteiger partial charge is 0.497 e. The Hall–Kier alpha value is -3.81. The van der Waals surface area contributed by atoms with Crippen molar-refractivity contribution in [2.75, 3.05) is 19.0 Å². The third kappa shape index (κ3) is 5.52. The molecule has 0 aliphatic heterocycles. The summed E-state index contributed by atoms with van der Waals surface area (Å²) in [5, 5.41) is 5.79. The maximum absolute atomic E-state index is 13.0. The minimum absolute atomic E-state index is 0.00390. The van der Waals surface area contributed by atoms with E-state index in [1.807, 2.05) is 79.2 Å². The summed E-state index contributed by atoms with van der Waals surface area (Å²) in [6, 6.07) is 17.2. The average Bonchev–Trinajstić information content (AvgIpc) is 3.57. The van der Waals surface area contributed by atoms with Crippen LogP contribution in [0, 0.1) is 0 Å². The van der Waals surface area contributed by atoms with Crippen molar-refractivity contribution in [2.24, 2.45) is 0 Å². The average molecular weight is 448 g/mol. The number of carbonyl (C=O) groups is 2. The molecule has 8 heteroatoms. The predicted octanol–water partition coefficient (Wildman–Crippen LogP) is 4.07. The van der Waals surface area contributed by atoms with Gasteiger partial charge in [-0.3, -0.25) is 14.7 Å². The molecule has 33 heavy (non-hydrogen) atoms. The van der Waals surface area contributed by atoms with Crippen LogP contribution in [-0.4, -0.2) is 52.1 Å². The number of ether oxygens (including phenoxy) is 1. The first-order chi connectivity index (χ1) is 15.9. The van der Waals surface area contributed by atoms with Gasteiger partial charge in [0.1, 0.15) is 12.3 Å². The molecule has 8 nitrogen and oxygen atoms in total. The van der Waals surface area contributed by atoms with Gasteiger partial charge in [0.25, 0.3) is 0 Å². The Balaban J connectivity index is 1.59. The molecule has 0 unspecified atom stereocenters. The monoisotopic (exact) mass is 447 g/mol. The lowest BCUT2D eigenvalue weighted by atomic mass is 10.2. The molecule has 0 atom stereocenters. The molecule has 1 aromatic heterocycles. The molecule has 2 aromatic carbocycles. The normalized spacial score (nSPS) is 13.0. The Kier molecular flexibility index (Phi) is 6.63. The highest BCUT2D eigenvalue weighted by atomic mass is 16.5. The molecule has 1 heterocycles. The molecule has 0 radical (unpaired) electrons. The number of methoxy groups -OCH3 is 1. The topological polar surface area (TPSA) is 88.5 Å². The molecule has 1 aliphatic carbocycles. The number of anilines is 1. The van der Waals surface area contributed by atoms with Gasteiger partial charge in [0.15, 0.2) is 0 Å². The van der Waals surface area contributed by atoms with Gasteiger partial charge in [0, 0.05) is 29.5 Å². The molecule has 0 saturated heterocycles. The molecule has 4 rings (SSSR count). The van der Waals surface area contributed by atoms with Crippen molar-refractivity contribution >= 4 is 17.9 Å². The SMILES string of the molecule is COc1ccc(-n2cc(-c3ccccc3)nc2NC(=O)CN(C(=O)NC(C)C)C2CC2)cc1. The van der Waals surface area contributed by atoms with E-state index in [2.05, 4.69) is 15.6 Å². The van der Waals surface area contributed by atoms with Gasteiger partial charge in [-0.15, -0.1) is 0 Å². The zero-order valence-corrected chi connectivity index (χ0v) is 19.1. The van der Waals surface area contributed by atoms with Crippen molar-refractivity contribution in [2.45, 2.75) is 38.8 Å². The van der Waals surface area contributed by atoms with Crippen LogP contribution in [0.3, 0.4) is 0 Å². The Labute approximate surface area is 193 Å². The second-order valence-electron chi connectivity index (χ2n) is 8.40. The summed E-state index contributed by atoms with van der Waals surface area (Å²) in [4.78, 5) is 31.8. The molecule has 0 bridgehead atoms. The Morgan fingerprint density at radius 3 is 2.42 bits per heavy atom. The summed E-state index contributed by atoms with van der Waals surface area (Å²) in [5.41, 5.74) is 2.51. The fraction of sp³-hybridized carbons (Fsp3) is 0.320. The van der Waals surface area contributed by atoms with Crippen LogP contribution in [0.25, 0.3) is 16.9 Å². The van der Waals surface area contributed by atoms with Crippen LogP contribution in [0.1, 0.15) is 26.7 Å². The van der Waals surface area contributed by atoms with Gasteiger partial charge in [-0.1, -0.05) is 30.3 Å². The molecule has 2 N–H and O–H groups in total. The van der Waals surface area contributed by atoms with Crippen LogP contribution >= 0.6 is 0 Å². The number of hydrogen-bond donors (Lipinski definition) is 2. The second-order valence-corrected chi connectivity index (χ2v) is 8.40. The van der Waals surface area contributed by atoms with Crippen LogP contribution in [0.5, 0.6) is 5.75 Å². The zero-order chi connectivity index (χ0) is 23.4. The molecule has 172 valence electrons. The van der Waals surface area contributed by atoms with E-state index in [1.165, 1.54) is 0 Å². The van der Waals surface area contributed by atoms with Gasteiger partial charge >= 0.3 is 6.03 Å². The number of rotatable bonds is 8. The van der Waals surface area contributed by atoms with E-state index >= 15 is 0 Å². The highest BCUT2D eigenvalue weighted by Gasteiger charge is 2.34. The summed E-state index contributed by atoms with van der Waals surface area (Å²) in [7, 11) is 1.62. The van der Waals surface area contributed by atoms with Crippen LogP contribution in [0.15, 0.2) is 60.8 Å². The first-order valence-corrected chi connectivity index (χ1v) is 11.1. The summed E-state index contributed by atoms with van der Waals surface area (Å²) in [6.45, 7) is 3.78. The van der Waals surface area contributed by atoms with E-state index in [-0.39, 0.29) is 30.6 Å². The van der Waals surface area contributed by atoms with Crippen molar-refractivity contribution in [1.29, 1.82) is 0 Å². The fourth-order valence-corrected chi connectivity index (χ4v) is 3.56. The lowest BCUT2D eigenvalue weighted by Crippen LogP contribution is -2.47. The summed E-state index contributed by atoms with van der Waals surface area (Å²) >= 11 is 0. The summed E-state index contributed by atoms with van der Waals surface area (Å²) in [6.07, 6.45) is 3.71. The second kappa shape index (κ2) is 9.77. The van der Waals surface area contributed by atoms with Gasteiger partial charge in [0.05, 0.1) is 12.8 Å². The number of carbonyl (C=O) groups excluding carboxylic acids is 2. The van der Waals surface area contributed by atoms with Crippen molar-refractivity contribution in [3.05, 3.63) is 60.8 Å². The first-order valence-electron chi connectivity index (χ1n) is 11.1. The Morgan fingerprint density at radius 1 is 1.12 bits per heavy atom. The Bertz CT molecular complexity index is 1100. The van der Waals surface area contributed by atoms with Crippen molar-refractivity contribution in [1.82, 2.24) is 19.8 Å². The van der Waals surface area contributed by atoms with E-state index in [0.717, 1.165) is 35.5 Å². The number of benzene rings is 2. The Morgan fingerprint density at radius 2 is 1.82 bits per heavy atom. The van der Waals surface area contributed by atoms with Crippen molar-refractivity contribution in [3.8, 4) is 22.7 Å². The van der Waals surface area contributed by atoms with E-state index in [0.29, 0.717) is 5.95 Å². The number of nitrogens with zero attached hydrogens (tertiary/aromatic N) is 3. The molecule has 3 aromatic rings. The van der Waals surface area contributed by atoms with Gasteiger partial charge < -0.3 is 15.0 Å². The van der Waals surface area contributed by atoms with Gasteiger partial charge in [0.2, 0.25) is 11.9 Å². The zero-order valence-electron chi connectivity index (χ0n) is 19.1. The van der Waals surface area contributed by atoms with E-state index in [1.54, 1.807) is 12.0 Å². The van der Waals surface area contributed by atoms with E-state index < -0.39 is 0 Å². The third-order valence-electron chi connectivity index (χ3n) is 5.35. The molecule has 1 saturated carbocycles. The minimum Gasteiger partial charge on any atom is -0.497 e. The quantitative estimate of drug-likeness (QED) is 0.545. The maximum Gasteiger partial charge on any atom is 0.318 e. The minimum atomic E-state index is -0.291. The van der Waals surface area contributed by atoms with Gasteiger partial charge in [-0.05, 0) is 51.0 Å². The van der Waals surface area contributed by atoms with E-state index in [4.69, 9.17) is 4.74 Å². The number of amides is 3. The predicted molar refractivity (Wildman–Crippen MR) is 128 cm³/mol. The third-order valence-corrected chi connectivity index (χ3v) is 5.35. The molecule has 3 amide bonds. The number of imidazole rings is 1. The number of hydrogen-bond acceptors (Lipinski definition) is 4. The van der Waals surface area contributed by atoms with Crippen LogP contribution < -0.4 is 15.4 Å². The van der Waals surface area contributed by atoms with Gasteiger partial charge in [-0.25, -0.2) is 9.78 Å². The number of aromatic nitrogens is 2. The maximum atomic E-state index is 13.0. The lowest BCUT2D eigenvalue weighted by molar-refractivity contribution is -0.117. The molecule has 1 fully saturated rings. The van der Waals surface area contributed by atoms with Crippen LogP contribution in [0.4, 0.5) is 10.7 Å². The number of nitrogens with one attached hydrogen (secondary N) is 2. The first kappa shape index (κ1) is 22.4. The smallest absolute Gasteiger partial charge is 0.318 e. The number of urea groups is 1.